The minimum atomic E-state index is -0.473. The standard InChI is InChI=1S/C11H17N3O2/c1-3-16-9-6-4-5-8(10(9)12)14-7(2)11(13)15/h4-7,14H,3,12H2,1-2H3,(H2,13,15). The molecular weight excluding hydrogens is 206 g/mol. The van der Waals surface area contributed by atoms with Crippen LogP contribution in [0.4, 0.5) is 11.4 Å². The molecule has 1 aromatic carbocycles. The van der Waals surface area contributed by atoms with E-state index in [4.69, 9.17) is 16.2 Å². The minimum absolute atomic E-state index is 0.429. The number of ether oxygens (including phenoxy) is 1. The molecule has 0 fully saturated rings. The summed E-state index contributed by atoms with van der Waals surface area (Å²) in [6, 6.07) is 4.88. The van der Waals surface area contributed by atoms with Gasteiger partial charge < -0.3 is 21.5 Å². The van der Waals surface area contributed by atoms with Crippen LogP contribution in [-0.4, -0.2) is 18.6 Å². The lowest BCUT2D eigenvalue weighted by molar-refractivity contribution is -0.118. The quantitative estimate of drug-likeness (QED) is 0.648. The van der Waals surface area contributed by atoms with E-state index in [1.54, 1.807) is 25.1 Å². The number of hydrogen-bond acceptors (Lipinski definition) is 4. The van der Waals surface area contributed by atoms with E-state index in [2.05, 4.69) is 5.32 Å². The van der Waals surface area contributed by atoms with Gasteiger partial charge in [0, 0.05) is 0 Å². The molecule has 1 atom stereocenters. The van der Waals surface area contributed by atoms with Crippen molar-refractivity contribution in [3.05, 3.63) is 18.2 Å². The van der Waals surface area contributed by atoms with Crippen molar-refractivity contribution in [2.45, 2.75) is 19.9 Å². The molecule has 0 bridgehead atoms. The van der Waals surface area contributed by atoms with Crippen LogP contribution >= 0.6 is 0 Å². The molecule has 5 N–H and O–H groups in total. The number of para-hydroxylation sites is 1. The molecule has 0 heterocycles. The number of nitrogens with two attached hydrogens (primary N) is 2. The van der Waals surface area contributed by atoms with Gasteiger partial charge in [0.15, 0.2) is 0 Å². The third-order valence-electron chi connectivity index (χ3n) is 2.16. The number of benzene rings is 1. The third kappa shape index (κ3) is 2.79. The number of nitrogen functional groups attached to an aromatic ring is 1. The normalized spacial score (nSPS) is 11.9. The highest BCUT2D eigenvalue weighted by Crippen LogP contribution is 2.29. The fraction of sp³-hybridized carbons (Fsp3) is 0.364. The predicted octanol–water partition coefficient (Wildman–Crippen LogP) is 0.953. The van der Waals surface area contributed by atoms with E-state index < -0.39 is 11.9 Å². The van der Waals surface area contributed by atoms with Crippen molar-refractivity contribution in [3.63, 3.8) is 0 Å². The minimum Gasteiger partial charge on any atom is -0.492 e. The molecule has 0 radical (unpaired) electrons. The fourth-order valence-electron chi connectivity index (χ4n) is 1.26. The number of anilines is 2. The molecule has 0 aliphatic carbocycles. The number of rotatable bonds is 5. The molecule has 0 spiro atoms. The van der Waals surface area contributed by atoms with E-state index in [9.17, 15) is 4.79 Å². The molecular formula is C11H17N3O2. The van der Waals surface area contributed by atoms with Crippen molar-refractivity contribution >= 4 is 17.3 Å². The Morgan fingerprint density at radius 1 is 1.56 bits per heavy atom. The second-order valence-corrected chi connectivity index (χ2v) is 3.42. The second-order valence-electron chi connectivity index (χ2n) is 3.42. The molecule has 0 aromatic heterocycles. The zero-order valence-corrected chi connectivity index (χ0v) is 9.49. The maximum atomic E-state index is 10.9. The maximum Gasteiger partial charge on any atom is 0.239 e. The molecule has 0 aliphatic rings. The number of carbonyl (C=O) groups excluding carboxylic acids is 1. The zero-order valence-electron chi connectivity index (χ0n) is 9.49. The number of hydrogen-bond donors (Lipinski definition) is 3. The number of amides is 1. The maximum absolute atomic E-state index is 10.9. The lowest BCUT2D eigenvalue weighted by Gasteiger charge is -2.15. The summed E-state index contributed by atoms with van der Waals surface area (Å²) in [6.45, 7) is 4.10. The Morgan fingerprint density at radius 2 is 2.25 bits per heavy atom. The first-order valence-corrected chi connectivity index (χ1v) is 5.13. The molecule has 1 rings (SSSR count). The summed E-state index contributed by atoms with van der Waals surface area (Å²) >= 11 is 0. The van der Waals surface area contributed by atoms with E-state index in [1.807, 2.05) is 6.92 Å². The average Bonchev–Trinajstić information content (AvgIpc) is 2.24. The molecule has 1 unspecified atom stereocenters. The molecule has 0 saturated carbocycles. The van der Waals surface area contributed by atoms with E-state index in [0.717, 1.165) is 0 Å². The van der Waals surface area contributed by atoms with Crippen molar-refractivity contribution in [2.24, 2.45) is 5.73 Å². The zero-order chi connectivity index (χ0) is 12.1. The number of nitrogens with one attached hydrogen (secondary N) is 1. The summed E-state index contributed by atoms with van der Waals surface area (Å²) in [5.74, 6) is 0.172. The number of carbonyl (C=O) groups is 1. The van der Waals surface area contributed by atoms with Crippen LogP contribution in [-0.2, 0) is 4.79 Å². The Balaban J connectivity index is 2.88. The lowest BCUT2D eigenvalue weighted by Crippen LogP contribution is -2.32. The van der Waals surface area contributed by atoms with Gasteiger partial charge in [0.05, 0.1) is 18.0 Å². The molecule has 5 nitrogen and oxygen atoms in total. The number of primary amides is 1. The Kier molecular flexibility index (Phi) is 3.99. The summed E-state index contributed by atoms with van der Waals surface area (Å²) in [6.07, 6.45) is 0. The van der Waals surface area contributed by atoms with Crippen molar-refractivity contribution < 1.29 is 9.53 Å². The van der Waals surface area contributed by atoms with Crippen molar-refractivity contribution in [2.75, 3.05) is 17.7 Å². The summed E-state index contributed by atoms with van der Waals surface area (Å²) in [5.41, 5.74) is 12.2. The van der Waals surface area contributed by atoms with Gasteiger partial charge in [0.25, 0.3) is 0 Å². The summed E-state index contributed by atoms with van der Waals surface area (Å²) in [7, 11) is 0. The predicted molar refractivity (Wildman–Crippen MR) is 64.3 cm³/mol. The van der Waals surface area contributed by atoms with E-state index in [1.165, 1.54) is 0 Å². The van der Waals surface area contributed by atoms with Crippen LogP contribution in [0.15, 0.2) is 18.2 Å². The van der Waals surface area contributed by atoms with Crippen LogP contribution in [0.2, 0.25) is 0 Å². The van der Waals surface area contributed by atoms with Crippen LogP contribution in [0.3, 0.4) is 0 Å². The summed E-state index contributed by atoms with van der Waals surface area (Å²) in [4.78, 5) is 10.9. The molecule has 0 aliphatic heterocycles. The molecule has 88 valence electrons. The van der Waals surface area contributed by atoms with Crippen molar-refractivity contribution in [3.8, 4) is 5.75 Å². The average molecular weight is 223 g/mol. The Hall–Kier alpha value is -1.91. The largest absolute Gasteiger partial charge is 0.492 e. The van der Waals surface area contributed by atoms with Gasteiger partial charge in [-0.1, -0.05) is 6.07 Å². The molecule has 1 aromatic rings. The van der Waals surface area contributed by atoms with Crippen LogP contribution in [0, 0.1) is 0 Å². The van der Waals surface area contributed by atoms with Gasteiger partial charge in [-0.15, -0.1) is 0 Å². The smallest absolute Gasteiger partial charge is 0.239 e. The Labute approximate surface area is 94.8 Å². The van der Waals surface area contributed by atoms with E-state index in [-0.39, 0.29) is 0 Å². The highest BCUT2D eigenvalue weighted by Gasteiger charge is 2.11. The van der Waals surface area contributed by atoms with Gasteiger partial charge >= 0.3 is 0 Å². The Morgan fingerprint density at radius 3 is 2.81 bits per heavy atom. The summed E-state index contributed by atoms with van der Waals surface area (Å²) < 4.78 is 5.34. The molecule has 1 amide bonds. The van der Waals surface area contributed by atoms with Crippen LogP contribution in [0.1, 0.15) is 13.8 Å². The molecule has 16 heavy (non-hydrogen) atoms. The molecule has 0 saturated heterocycles. The van der Waals surface area contributed by atoms with Crippen molar-refractivity contribution in [1.82, 2.24) is 0 Å². The van der Waals surface area contributed by atoms with Crippen LogP contribution in [0.5, 0.6) is 5.75 Å². The molecule has 5 heteroatoms. The summed E-state index contributed by atoms with van der Waals surface area (Å²) in [5, 5.41) is 2.93. The van der Waals surface area contributed by atoms with Gasteiger partial charge in [-0.3, -0.25) is 4.79 Å². The van der Waals surface area contributed by atoms with Gasteiger partial charge in [-0.05, 0) is 26.0 Å². The first-order chi connectivity index (χ1) is 7.56. The topological polar surface area (TPSA) is 90.4 Å². The van der Waals surface area contributed by atoms with Crippen LogP contribution < -0.4 is 21.5 Å². The SMILES string of the molecule is CCOc1cccc(NC(C)C(N)=O)c1N. The fourth-order valence-corrected chi connectivity index (χ4v) is 1.26. The van der Waals surface area contributed by atoms with Crippen LogP contribution in [0.25, 0.3) is 0 Å². The van der Waals surface area contributed by atoms with E-state index >= 15 is 0 Å². The lowest BCUT2D eigenvalue weighted by atomic mass is 10.2. The second kappa shape index (κ2) is 5.25. The monoisotopic (exact) mass is 223 g/mol. The van der Waals surface area contributed by atoms with E-state index in [0.29, 0.717) is 23.7 Å². The van der Waals surface area contributed by atoms with Gasteiger partial charge in [0.1, 0.15) is 11.8 Å². The first-order valence-electron chi connectivity index (χ1n) is 5.13. The highest BCUT2D eigenvalue weighted by atomic mass is 16.5. The first kappa shape index (κ1) is 12.2. The Bertz CT molecular complexity index is 379. The van der Waals surface area contributed by atoms with Gasteiger partial charge in [-0.2, -0.15) is 0 Å². The third-order valence-corrected chi connectivity index (χ3v) is 2.16. The van der Waals surface area contributed by atoms with Crippen molar-refractivity contribution in [1.29, 1.82) is 0 Å². The van der Waals surface area contributed by atoms with Gasteiger partial charge in [0.2, 0.25) is 5.91 Å². The highest BCUT2D eigenvalue weighted by molar-refractivity contribution is 5.84. The van der Waals surface area contributed by atoms with Gasteiger partial charge in [-0.25, -0.2) is 0 Å².